The Labute approximate surface area is 113 Å². The molecule has 0 aliphatic carbocycles. The summed E-state index contributed by atoms with van der Waals surface area (Å²) in [4.78, 5) is 1.22. The molecule has 1 aromatic heterocycles. The minimum Gasteiger partial charge on any atom is -0.330 e. The Morgan fingerprint density at radius 3 is 2.71 bits per heavy atom. The summed E-state index contributed by atoms with van der Waals surface area (Å²) in [7, 11) is 0. The van der Waals surface area contributed by atoms with Crippen LogP contribution in [0.5, 0.6) is 0 Å². The molecule has 1 unspecified atom stereocenters. The third-order valence-electron chi connectivity index (χ3n) is 2.70. The Balaban J connectivity index is 2.20. The van der Waals surface area contributed by atoms with E-state index < -0.39 is 0 Å². The summed E-state index contributed by atoms with van der Waals surface area (Å²) in [5.41, 5.74) is 6.46. The van der Waals surface area contributed by atoms with Crippen LogP contribution in [0.3, 0.4) is 0 Å². The van der Waals surface area contributed by atoms with Crippen LogP contribution < -0.4 is 5.73 Å². The van der Waals surface area contributed by atoms with Crippen LogP contribution in [0, 0.1) is 5.82 Å². The Bertz CT molecular complexity index is 498. The first-order valence-electron chi connectivity index (χ1n) is 5.38. The first-order chi connectivity index (χ1) is 8.20. The fraction of sp³-hybridized carbons (Fsp3) is 0.231. The van der Waals surface area contributed by atoms with Crippen molar-refractivity contribution < 1.29 is 4.39 Å². The van der Waals surface area contributed by atoms with E-state index in [-0.39, 0.29) is 11.7 Å². The number of hydrogen-bond acceptors (Lipinski definition) is 2. The Morgan fingerprint density at radius 1 is 1.35 bits per heavy atom. The molecule has 1 atom stereocenters. The van der Waals surface area contributed by atoms with Crippen molar-refractivity contribution in [3.05, 3.63) is 56.4 Å². The normalized spacial score (nSPS) is 12.6. The number of nitrogens with two attached hydrogens (primary N) is 1. The molecule has 2 aromatic rings. The highest BCUT2D eigenvalue weighted by atomic mass is 79.9. The van der Waals surface area contributed by atoms with Crippen LogP contribution in [0.4, 0.5) is 4.39 Å². The number of benzene rings is 1. The molecule has 90 valence electrons. The van der Waals surface area contributed by atoms with Gasteiger partial charge in [0.05, 0.1) is 0 Å². The zero-order valence-corrected chi connectivity index (χ0v) is 11.6. The van der Waals surface area contributed by atoms with Crippen LogP contribution >= 0.6 is 27.3 Å². The summed E-state index contributed by atoms with van der Waals surface area (Å²) in [5.74, 6) is -0.125. The number of halogens is 2. The van der Waals surface area contributed by atoms with Gasteiger partial charge in [0, 0.05) is 20.6 Å². The highest BCUT2D eigenvalue weighted by Gasteiger charge is 2.15. The summed E-state index contributed by atoms with van der Waals surface area (Å²) in [6.45, 7) is 0.455. The first kappa shape index (κ1) is 12.7. The van der Waals surface area contributed by atoms with Gasteiger partial charge in [0.2, 0.25) is 0 Å². The van der Waals surface area contributed by atoms with E-state index in [4.69, 9.17) is 5.73 Å². The lowest BCUT2D eigenvalue weighted by Gasteiger charge is -2.14. The number of hydrogen-bond donors (Lipinski definition) is 1. The first-order valence-corrected chi connectivity index (χ1v) is 7.05. The van der Waals surface area contributed by atoms with Crippen molar-refractivity contribution in [3.63, 3.8) is 0 Å². The van der Waals surface area contributed by atoms with Gasteiger partial charge < -0.3 is 5.73 Å². The Morgan fingerprint density at radius 2 is 2.12 bits per heavy atom. The van der Waals surface area contributed by atoms with Crippen molar-refractivity contribution in [1.29, 1.82) is 0 Å². The molecule has 2 rings (SSSR count). The molecule has 0 saturated heterocycles. The smallest absolute Gasteiger partial charge is 0.126 e. The van der Waals surface area contributed by atoms with E-state index in [9.17, 15) is 4.39 Å². The van der Waals surface area contributed by atoms with E-state index in [0.717, 1.165) is 10.9 Å². The van der Waals surface area contributed by atoms with Crippen LogP contribution in [0.25, 0.3) is 0 Å². The molecule has 0 amide bonds. The van der Waals surface area contributed by atoms with Gasteiger partial charge in [-0.1, -0.05) is 18.2 Å². The topological polar surface area (TPSA) is 26.0 Å². The van der Waals surface area contributed by atoms with Gasteiger partial charge in [-0.3, -0.25) is 0 Å². The van der Waals surface area contributed by atoms with Gasteiger partial charge in [0.15, 0.2) is 0 Å². The molecule has 4 heteroatoms. The van der Waals surface area contributed by atoms with Crippen molar-refractivity contribution in [1.82, 2.24) is 0 Å². The predicted molar refractivity (Wildman–Crippen MR) is 73.9 cm³/mol. The molecule has 1 heterocycles. The second-order valence-electron chi connectivity index (χ2n) is 3.89. The highest BCUT2D eigenvalue weighted by molar-refractivity contribution is 9.10. The molecule has 0 aliphatic rings. The minimum atomic E-state index is -0.168. The van der Waals surface area contributed by atoms with Crippen molar-refractivity contribution in [2.75, 3.05) is 6.54 Å². The van der Waals surface area contributed by atoms with E-state index in [2.05, 4.69) is 22.0 Å². The van der Waals surface area contributed by atoms with Crippen LogP contribution in [0.2, 0.25) is 0 Å². The zero-order chi connectivity index (χ0) is 12.3. The van der Waals surface area contributed by atoms with Crippen LogP contribution in [-0.4, -0.2) is 6.54 Å². The third-order valence-corrected chi connectivity index (χ3v) is 4.42. The lowest BCUT2D eigenvalue weighted by atomic mass is 9.95. The molecule has 0 bridgehead atoms. The molecule has 0 aliphatic heterocycles. The maximum absolute atomic E-state index is 13.7. The maximum Gasteiger partial charge on any atom is 0.126 e. The van der Waals surface area contributed by atoms with Crippen molar-refractivity contribution >= 4 is 27.3 Å². The summed E-state index contributed by atoms with van der Waals surface area (Å²) < 4.78 is 14.7. The maximum atomic E-state index is 13.7. The molecule has 0 fully saturated rings. The summed E-state index contributed by atoms with van der Waals surface area (Å²) >= 11 is 5.09. The Kier molecular flexibility index (Phi) is 4.31. The third kappa shape index (κ3) is 3.15. The summed E-state index contributed by atoms with van der Waals surface area (Å²) in [5, 5.41) is 2.03. The largest absolute Gasteiger partial charge is 0.330 e. The second-order valence-corrected chi connectivity index (χ2v) is 5.80. The lowest BCUT2D eigenvalue weighted by molar-refractivity contribution is 0.577. The molecule has 2 N–H and O–H groups in total. The van der Waals surface area contributed by atoms with Gasteiger partial charge in [-0.15, -0.1) is 11.3 Å². The number of rotatable bonds is 4. The summed E-state index contributed by atoms with van der Waals surface area (Å²) in [6.07, 6.45) is 0.785. The highest BCUT2D eigenvalue weighted by Crippen LogP contribution is 2.27. The SMILES string of the molecule is NCC(Cc1cc(Br)cs1)c1ccccc1F. The lowest BCUT2D eigenvalue weighted by Crippen LogP contribution is -2.15. The molecule has 0 spiro atoms. The number of thiophene rings is 1. The average Bonchev–Trinajstić information content (AvgIpc) is 2.73. The quantitative estimate of drug-likeness (QED) is 0.909. The van der Waals surface area contributed by atoms with Gasteiger partial charge in [-0.05, 0) is 46.6 Å². The second kappa shape index (κ2) is 5.76. The molecule has 0 saturated carbocycles. The monoisotopic (exact) mass is 313 g/mol. The predicted octanol–water partition coefficient (Wildman–Crippen LogP) is 3.93. The van der Waals surface area contributed by atoms with E-state index in [1.54, 1.807) is 17.4 Å². The van der Waals surface area contributed by atoms with Crippen LogP contribution in [0.15, 0.2) is 40.2 Å². The standard InChI is InChI=1S/C13H13BrFNS/c14-10-6-11(17-8-10)5-9(7-16)12-3-1-2-4-13(12)15/h1-4,6,8-9H,5,7,16H2. The van der Waals surface area contributed by atoms with Gasteiger partial charge in [0.25, 0.3) is 0 Å². The van der Waals surface area contributed by atoms with Crippen molar-refractivity contribution in [2.24, 2.45) is 5.73 Å². The minimum absolute atomic E-state index is 0.0433. The van der Waals surface area contributed by atoms with Crippen molar-refractivity contribution in [2.45, 2.75) is 12.3 Å². The summed E-state index contributed by atoms with van der Waals surface area (Å²) in [6, 6.07) is 8.92. The molecule has 0 radical (unpaired) electrons. The molecule has 17 heavy (non-hydrogen) atoms. The van der Waals surface area contributed by atoms with Crippen molar-refractivity contribution in [3.8, 4) is 0 Å². The van der Waals surface area contributed by atoms with E-state index in [1.165, 1.54) is 10.9 Å². The van der Waals surface area contributed by atoms with E-state index >= 15 is 0 Å². The van der Waals surface area contributed by atoms with Gasteiger partial charge in [-0.2, -0.15) is 0 Å². The van der Waals surface area contributed by atoms with Crippen LogP contribution in [-0.2, 0) is 6.42 Å². The van der Waals surface area contributed by atoms with Crippen LogP contribution in [0.1, 0.15) is 16.4 Å². The fourth-order valence-electron chi connectivity index (χ4n) is 1.83. The molecule has 1 aromatic carbocycles. The molecular formula is C13H13BrFNS. The van der Waals surface area contributed by atoms with E-state index in [1.807, 2.05) is 17.5 Å². The molecule has 1 nitrogen and oxygen atoms in total. The van der Waals surface area contributed by atoms with E-state index in [0.29, 0.717) is 12.1 Å². The van der Waals surface area contributed by atoms with Gasteiger partial charge in [0.1, 0.15) is 5.82 Å². The zero-order valence-electron chi connectivity index (χ0n) is 9.20. The van der Waals surface area contributed by atoms with Gasteiger partial charge >= 0.3 is 0 Å². The fourth-order valence-corrected chi connectivity index (χ4v) is 3.36. The molecular weight excluding hydrogens is 301 g/mol. The Hall–Kier alpha value is -0.710. The average molecular weight is 314 g/mol. The van der Waals surface area contributed by atoms with Gasteiger partial charge in [-0.25, -0.2) is 4.39 Å².